The minimum Gasteiger partial charge on any atom is -0.316 e. The molecule has 1 fully saturated rings. The molecule has 0 radical (unpaired) electrons. The van der Waals surface area contributed by atoms with E-state index in [1.54, 1.807) is 0 Å². The summed E-state index contributed by atoms with van der Waals surface area (Å²) in [6, 6.07) is 1.53. The molecule has 15 heavy (non-hydrogen) atoms. The Morgan fingerprint density at radius 2 is 2.27 bits per heavy atom. The lowest BCUT2D eigenvalue weighted by molar-refractivity contribution is 0.451. The molecule has 0 spiro atoms. The Morgan fingerprint density at radius 1 is 1.47 bits per heavy atom. The summed E-state index contributed by atoms with van der Waals surface area (Å²) < 4.78 is 1.08. The Labute approximate surface area is 87.1 Å². The maximum Gasteiger partial charge on any atom is 0.328 e. The second kappa shape index (κ2) is 4.02. The Morgan fingerprint density at radius 3 is 2.87 bits per heavy atom. The van der Waals surface area contributed by atoms with Gasteiger partial charge in [-0.2, -0.15) is 0 Å². The van der Waals surface area contributed by atoms with Gasteiger partial charge >= 0.3 is 5.69 Å². The van der Waals surface area contributed by atoms with Crippen molar-refractivity contribution in [2.24, 2.45) is 7.05 Å². The molecule has 2 heterocycles. The lowest BCUT2D eigenvalue weighted by Gasteiger charge is -2.22. The van der Waals surface area contributed by atoms with E-state index in [2.05, 4.69) is 10.3 Å². The van der Waals surface area contributed by atoms with Gasteiger partial charge in [0.2, 0.25) is 0 Å². The van der Waals surface area contributed by atoms with Crippen LogP contribution in [0.3, 0.4) is 0 Å². The van der Waals surface area contributed by atoms with Crippen LogP contribution in [0.1, 0.15) is 24.5 Å². The molecule has 0 aliphatic carbocycles. The maximum absolute atomic E-state index is 11.4. The van der Waals surface area contributed by atoms with Crippen LogP contribution in [-0.4, -0.2) is 22.6 Å². The highest BCUT2D eigenvalue weighted by atomic mass is 16.2. The first-order valence-corrected chi connectivity index (χ1v) is 5.19. The van der Waals surface area contributed by atoms with Crippen LogP contribution in [0, 0.1) is 0 Å². The average Bonchev–Trinajstić information content (AvgIpc) is 2.26. The normalized spacial score (nSPS) is 21.5. The van der Waals surface area contributed by atoms with Crippen LogP contribution in [0.25, 0.3) is 0 Å². The van der Waals surface area contributed by atoms with Gasteiger partial charge in [0, 0.05) is 31.3 Å². The summed E-state index contributed by atoms with van der Waals surface area (Å²) in [6.07, 6.45) is 2.11. The van der Waals surface area contributed by atoms with Gasteiger partial charge in [-0.05, 0) is 19.4 Å². The lowest BCUT2D eigenvalue weighted by Crippen LogP contribution is -2.36. The molecule has 0 amide bonds. The number of piperidine rings is 1. The smallest absolute Gasteiger partial charge is 0.316 e. The van der Waals surface area contributed by atoms with E-state index >= 15 is 0 Å². The van der Waals surface area contributed by atoms with Crippen molar-refractivity contribution in [2.75, 3.05) is 13.1 Å². The Hall–Kier alpha value is -1.36. The molecule has 1 atom stereocenters. The molecule has 0 bridgehead atoms. The van der Waals surface area contributed by atoms with Crippen LogP contribution < -0.4 is 16.6 Å². The SMILES string of the molecule is Cn1c(=O)cc(C2CCCNC2)[nH]c1=O. The number of hydrogen-bond donors (Lipinski definition) is 2. The molecule has 1 aliphatic heterocycles. The first-order chi connectivity index (χ1) is 7.18. The highest BCUT2D eigenvalue weighted by Gasteiger charge is 2.16. The van der Waals surface area contributed by atoms with Gasteiger partial charge in [-0.1, -0.05) is 0 Å². The summed E-state index contributed by atoms with van der Waals surface area (Å²) in [5.41, 5.74) is 0.192. The van der Waals surface area contributed by atoms with Crippen molar-refractivity contribution < 1.29 is 0 Å². The van der Waals surface area contributed by atoms with Crippen LogP contribution in [0.15, 0.2) is 15.7 Å². The highest BCUT2D eigenvalue weighted by Crippen LogP contribution is 2.19. The van der Waals surface area contributed by atoms with Gasteiger partial charge in [-0.25, -0.2) is 4.79 Å². The molecule has 1 unspecified atom stereocenters. The molecule has 0 aromatic carbocycles. The van der Waals surface area contributed by atoms with Crippen molar-refractivity contribution >= 4 is 0 Å². The second-order valence-electron chi connectivity index (χ2n) is 3.97. The third-order valence-electron chi connectivity index (χ3n) is 2.90. The summed E-state index contributed by atoms with van der Waals surface area (Å²) >= 11 is 0. The molecule has 5 heteroatoms. The standard InChI is InChI=1S/C10H15N3O2/c1-13-9(14)5-8(12-10(13)15)7-3-2-4-11-6-7/h5,7,11H,2-4,6H2,1H3,(H,12,15). The molecule has 1 saturated heterocycles. The van der Waals surface area contributed by atoms with Gasteiger partial charge in [-0.15, -0.1) is 0 Å². The van der Waals surface area contributed by atoms with E-state index in [-0.39, 0.29) is 17.2 Å². The van der Waals surface area contributed by atoms with Gasteiger partial charge in [0.05, 0.1) is 0 Å². The maximum atomic E-state index is 11.4. The van der Waals surface area contributed by atoms with Gasteiger partial charge in [0.15, 0.2) is 0 Å². The second-order valence-corrected chi connectivity index (χ2v) is 3.97. The average molecular weight is 209 g/mol. The number of nitrogens with one attached hydrogen (secondary N) is 2. The Balaban J connectivity index is 2.36. The lowest BCUT2D eigenvalue weighted by atomic mass is 9.96. The zero-order valence-corrected chi connectivity index (χ0v) is 8.75. The monoisotopic (exact) mass is 209 g/mol. The fourth-order valence-electron chi connectivity index (χ4n) is 1.91. The molecule has 1 aromatic rings. The van der Waals surface area contributed by atoms with Crippen LogP contribution in [0.5, 0.6) is 0 Å². The summed E-state index contributed by atoms with van der Waals surface area (Å²) in [5.74, 6) is 0.264. The molecule has 2 N–H and O–H groups in total. The quantitative estimate of drug-likeness (QED) is 0.657. The van der Waals surface area contributed by atoms with E-state index in [1.807, 2.05) is 0 Å². The zero-order chi connectivity index (χ0) is 10.8. The first-order valence-electron chi connectivity index (χ1n) is 5.19. The van der Waals surface area contributed by atoms with Gasteiger partial charge in [-0.3, -0.25) is 9.36 Å². The third-order valence-corrected chi connectivity index (χ3v) is 2.90. The number of aromatic amines is 1. The molecule has 82 valence electrons. The summed E-state index contributed by atoms with van der Waals surface area (Å²) in [7, 11) is 1.48. The van der Waals surface area contributed by atoms with Crippen molar-refractivity contribution in [2.45, 2.75) is 18.8 Å². The highest BCUT2D eigenvalue weighted by molar-refractivity contribution is 5.08. The molecule has 5 nitrogen and oxygen atoms in total. The van der Waals surface area contributed by atoms with Crippen molar-refractivity contribution in [1.82, 2.24) is 14.9 Å². The Bertz CT molecular complexity index is 423. The van der Waals surface area contributed by atoms with Crippen LogP contribution in [0.4, 0.5) is 0 Å². The van der Waals surface area contributed by atoms with Gasteiger partial charge in [0.25, 0.3) is 5.56 Å². The van der Waals surface area contributed by atoms with E-state index in [4.69, 9.17) is 0 Å². The molecular formula is C10H15N3O2. The first kappa shape index (κ1) is 10.2. The number of H-pyrrole nitrogens is 1. The van der Waals surface area contributed by atoms with E-state index in [0.717, 1.165) is 36.2 Å². The number of hydrogen-bond acceptors (Lipinski definition) is 3. The van der Waals surface area contributed by atoms with E-state index in [9.17, 15) is 9.59 Å². The van der Waals surface area contributed by atoms with Crippen molar-refractivity contribution in [1.29, 1.82) is 0 Å². The van der Waals surface area contributed by atoms with E-state index < -0.39 is 0 Å². The minimum atomic E-state index is -0.330. The molecule has 2 rings (SSSR count). The predicted octanol–water partition coefficient (Wildman–Crippen LogP) is -0.459. The van der Waals surface area contributed by atoms with Crippen molar-refractivity contribution in [3.63, 3.8) is 0 Å². The van der Waals surface area contributed by atoms with Crippen LogP contribution >= 0.6 is 0 Å². The predicted molar refractivity (Wildman–Crippen MR) is 57.1 cm³/mol. The fraction of sp³-hybridized carbons (Fsp3) is 0.600. The number of nitrogens with zero attached hydrogens (tertiary/aromatic N) is 1. The van der Waals surface area contributed by atoms with Crippen molar-refractivity contribution in [3.05, 3.63) is 32.6 Å². The Kier molecular flexibility index (Phi) is 2.73. The topological polar surface area (TPSA) is 66.9 Å². The van der Waals surface area contributed by atoms with E-state index in [0.29, 0.717) is 0 Å². The molecule has 1 aromatic heterocycles. The number of aromatic nitrogens is 2. The van der Waals surface area contributed by atoms with Gasteiger partial charge in [0.1, 0.15) is 0 Å². The zero-order valence-electron chi connectivity index (χ0n) is 8.75. The van der Waals surface area contributed by atoms with Gasteiger partial charge < -0.3 is 10.3 Å². The summed E-state index contributed by atoms with van der Waals surface area (Å²) in [5, 5.41) is 3.26. The molecule has 0 saturated carbocycles. The third kappa shape index (κ3) is 2.02. The van der Waals surface area contributed by atoms with E-state index in [1.165, 1.54) is 13.1 Å². The fourth-order valence-corrected chi connectivity index (χ4v) is 1.91. The molecule has 1 aliphatic rings. The minimum absolute atomic E-state index is 0.237. The summed E-state index contributed by atoms with van der Waals surface area (Å²) in [4.78, 5) is 25.6. The van der Waals surface area contributed by atoms with Crippen LogP contribution in [0.2, 0.25) is 0 Å². The number of rotatable bonds is 1. The van der Waals surface area contributed by atoms with Crippen molar-refractivity contribution in [3.8, 4) is 0 Å². The molecular weight excluding hydrogens is 194 g/mol. The van der Waals surface area contributed by atoms with Crippen LogP contribution in [-0.2, 0) is 7.05 Å². The summed E-state index contributed by atoms with van der Waals surface area (Å²) in [6.45, 7) is 1.86. The largest absolute Gasteiger partial charge is 0.328 e.